The molecule has 0 bridgehead atoms. The largest absolute Gasteiger partial charge is 0.496 e. The average molecular weight is 263 g/mol. The molecule has 2 rings (SSSR count). The van der Waals surface area contributed by atoms with E-state index in [-0.39, 0.29) is 5.69 Å². The van der Waals surface area contributed by atoms with Crippen molar-refractivity contribution in [2.75, 3.05) is 12.4 Å². The lowest BCUT2D eigenvalue weighted by atomic mass is 10.2. The fourth-order valence-electron chi connectivity index (χ4n) is 1.60. The number of ether oxygens (including phenoxy) is 1. The fourth-order valence-corrected chi connectivity index (χ4v) is 1.60. The maximum Gasteiger partial charge on any atom is 0.296 e. The van der Waals surface area contributed by atoms with Crippen LogP contribution < -0.4 is 10.1 Å². The Morgan fingerprint density at radius 3 is 2.89 bits per heavy atom. The van der Waals surface area contributed by atoms with E-state index in [1.165, 1.54) is 13.2 Å². The summed E-state index contributed by atoms with van der Waals surface area (Å²) in [4.78, 5) is 10.5. The van der Waals surface area contributed by atoms with Crippen molar-refractivity contribution in [3.05, 3.63) is 40.2 Å². The Kier molecular flexibility index (Phi) is 3.60. The van der Waals surface area contributed by atoms with Gasteiger partial charge in [0, 0.05) is 13.2 Å². The van der Waals surface area contributed by atoms with E-state index in [1.807, 2.05) is 0 Å². The minimum absolute atomic E-state index is 0.0387. The standard InChI is InChI=1S/C11H13N5O3/c1-15-7-8(13-14-15)6-12-10-4-3-9(19-2)5-11(10)16(17)18/h3-5,7,12H,6H2,1-2H3. The van der Waals surface area contributed by atoms with E-state index in [2.05, 4.69) is 15.6 Å². The number of hydrogen-bond donors (Lipinski definition) is 1. The molecule has 0 amide bonds. The SMILES string of the molecule is COc1ccc(NCc2cn(C)nn2)c([N+](=O)[O-])c1. The number of aryl methyl sites for hydroxylation is 1. The summed E-state index contributed by atoms with van der Waals surface area (Å²) in [5, 5.41) is 21.6. The van der Waals surface area contributed by atoms with Crippen molar-refractivity contribution in [3.8, 4) is 5.75 Å². The molecule has 2 aromatic rings. The second-order valence-electron chi connectivity index (χ2n) is 3.88. The second kappa shape index (κ2) is 5.34. The highest BCUT2D eigenvalue weighted by molar-refractivity contribution is 5.63. The van der Waals surface area contributed by atoms with Crippen molar-refractivity contribution in [2.45, 2.75) is 6.54 Å². The van der Waals surface area contributed by atoms with Crippen LogP contribution in [0.5, 0.6) is 5.75 Å². The van der Waals surface area contributed by atoms with Gasteiger partial charge in [-0.15, -0.1) is 5.10 Å². The van der Waals surface area contributed by atoms with Crippen molar-refractivity contribution in [2.24, 2.45) is 7.05 Å². The summed E-state index contributed by atoms with van der Waals surface area (Å²) in [6, 6.07) is 4.64. The number of nitrogens with one attached hydrogen (secondary N) is 1. The maximum absolute atomic E-state index is 11.0. The zero-order valence-electron chi connectivity index (χ0n) is 10.5. The lowest BCUT2D eigenvalue weighted by molar-refractivity contribution is -0.384. The molecule has 0 aliphatic rings. The lowest BCUT2D eigenvalue weighted by Crippen LogP contribution is -2.03. The van der Waals surface area contributed by atoms with Crippen molar-refractivity contribution in [3.63, 3.8) is 0 Å². The van der Waals surface area contributed by atoms with Gasteiger partial charge in [-0.05, 0) is 12.1 Å². The van der Waals surface area contributed by atoms with E-state index in [0.29, 0.717) is 23.7 Å². The number of anilines is 1. The minimum Gasteiger partial charge on any atom is -0.496 e. The first-order chi connectivity index (χ1) is 9.10. The van der Waals surface area contributed by atoms with Gasteiger partial charge in [0.2, 0.25) is 0 Å². The number of nitro benzene ring substituents is 1. The first-order valence-electron chi connectivity index (χ1n) is 5.51. The third-order valence-corrected chi connectivity index (χ3v) is 2.51. The van der Waals surface area contributed by atoms with Crippen LogP contribution in [0.2, 0.25) is 0 Å². The Labute approximate surface area is 109 Å². The van der Waals surface area contributed by atoms with Gasteiger partial charge in [0.15, 0.2) is 0 Å². The summed E-state index contributed by atoms with van der Waals surface area (Å²) >= 11 is 0. The normalized spacial score (nSPS) is 10.2. The molecule has 8 nitrogen and oxygen atoms in total. The smallest absolute Gasteiger partial charge is 0.296 e. The third kappa shape index (κ3) is 2.97. The number of rotatable bonds is 5. The lowest BCUT2D eigenvalue weighted by Gasteiger charge is -2.06. The molecule has 0 aliphatic carbocycles. The van der Waals surface area contributed by atoms with Crippen molar-refractivity contribution in [1.82, 2.24) is 15.0 Å². The number of methoxy groups -OCH3 is 1. The first kappa shape index (κ1) is 12.8. The van der Waals surface area contributed by atoms with Crippen molar-refractivity contribution < 1.29 is 9.66 Å². The Morgan fingerprint density at radius 2 is 2.32 bits per heavy atom. The second-order valence-corrected chi connectivity index (χ2v) is 3.88. The van der Waals surface area contributed by atoms with Gasteiger partial charge in [-0.2, -0.15) is 0 Å². The summed E-state index contributed by atoms with van der Waals surface area (Å²) in [6.45, 7) is 0.362. The van der Waals surface area contributed by atoms with Crippen LogP contribution in [0, 0.1) is 10.1 Å². The Bertz CT molecular complexity index is 596. The van der Waals surface area contributed by atoms with E-state index in [0.717, 1.165) is 0 Å². The van der Waals surface area contributed by atoms with Crippen LogP contribution in [0.3, 0.4) is 0 Å². The Hall–Kier alpha value is -2.64. The molecule has 0 saturated carbocycles. The van der Waals surface area contributed by atoms with E-state index >= 15 is 0 Å². The summed E-state index contributed by atoms with van der Waals surface area (Å²) in [5.41, 5.74) is 1.08. The van der Waals surface area contributed by atoms with Gasteiger partial charge in [-0.25, -0.2) is 0 Å². The van der Waals surface area contributed by atoms with E-state index in [1.54, 1.807) is 30.1 Å². The fraction of sp³-hybridized carbons (Fsp3) is 0.273. The minimum atomic E-state index is -0.457. The molecule has 100 valence electrons. The number of aromatic nitrogens is 3. The Morgan fingerprint density at radius 1 is 1.53 bits per heavy atom. The third-order valence-electron chi connectivity index (χ3n) is 2.51. The van der Waals surface area contributed by atoms with Gasteiger partial charge in [0.05, 0.1) is 24.6 Å². The van der Waals surface area contributed by atoms with Crippen LogP contribution in [0.25, 0.3) is 0 Å². The highest BCUT2D eigenvalue weighted by atomic mass is 16.6. The zero-order valence-corrected chi connectivity index (χ0v) is 10.5. The highest BCUT2D eigenvalue weighted by Crippen LogP contribution is 2.29. The van der Waals surface area contributed by atoms with Gasteiger partial charge >= 0.3 is 0 Å². The highest BCUT2D eigenvalue weighted by Gasteiger charge is 2.15. The molecule has 0 saturated heterocycles. The van der Waals surface area contributed by atoms with Crippen LogP contribution in [-0.2, 0) is 13.6 Å². The monoisotopic (exact) mass is 263 g/mol. The predicted molar refractivity (Wildman–Crippen MR) is 68.0 cm³/mol. The molecule has 0 spiro atoms. The molecule has 1 heterocycles. The molecule has 0 aliphatic heterocycles. The quantitative estimate of drug-likeness (QED) is 0.646. The number of benzene rings is 1. The molecule has 0 fully saturated rings. The molecule has 1 aromatic carbocycles. The Balaban J connectivity index is 2.17. The van der Waals surface area contributed by atoms with Crippen molar-refractivity contribution in [1.29, 1.82) is 0 Å². The average Bonchev–Trinajstić information content (AvgIpc) is 2.82. The van der Waals surface area contributed by atoms with Crippen LogP contribution in [-0.4, -0.2) is 27.0 Å². The van der Waals surface area contributed by atoms with Crippen LogP contribution >= 0.6 is 0 Å². The molecule has 19 heavy (non-hydrogen) atoms. The molecule has 0 unspecified atom stereocenters. The predicted octanol–water partition coefficient (Wildman–Crippen LogP) is 1.34. The molecule has 1 aromatic heterocycles. The zero-order chi connectivity index (χ0) is 13.8. The van der Waals surface area contributed by atoms with Gasteiger partial charge in [0.25, 0.3) is 5.69 Å². The van der Waals surface area contributed by atoms with E-state index in [4.69, 9.17) is 4.74 Å². The van der Waals surface area contributed by atoms with Gasteiger partial charge in [-0.3, -0.25) is 14.8 Å². The molecular formula is C11H13N5O3. The molecule has 8 heteroatoms. The summed E-state index contributed by atoms with van der Waals surface area (Å²) in [5.74, 6) is 0.441. The van der Waals surface area contributed by atoms with E-state index < -0.39 is 4.92 Å². The first-order valence-corrected chi connectivity index (χ1v) is 5.51. The van der Waals surface area contributed by atoms with Gasteiger partial charge in [-0.1, -0.05) is 5.21 Å². The molecule has 0 atom stereocenters. The topological polar surface area (TPSA) is 95.1 Å². The van der Waals surface area contributed by atoms with Gasteiger partial charge < -0.3 is 10.1 Å². The summed E-state index contributed by atoms with van der Waals surface area (Å²) in [6.07, 6.45) is 1.74. The van der Waals surface area contributed by atoms with Gasteiger partial charge in [0.1, 0.15) is 17.1 Å². The summed E-state index contributed by atoms with van der Waals surface area (Å²) in [7, 11) is 3.22. The number of hydrogen-bond acceptors (Lipinski definition) is 6. The van der Waals surface area contributed by atoms with E-state index in [9.17, 15) is 10.1 Å². The van der Waals surface area contributed by atoms with Crippen molar-refractivity contribution >= 4 is 11.4 Å². The van der Waals surface area contributed by atoms with Crippen LogP contribution in [0.4, 0.5) is 11.4 Å². The number of nitro groups is 1. The number of nitrogens with zero attached hydrogens (tertiary/aromatic N) is 4. The summed E-state index contributed by atoms with van der Waals surface area (Å²) < 4.78 is 6.54. The maximum atomic E-state index is 11.0. The molecule has 1 N–H and O–H groups in total. The molecule has 0 radical (unpaired) electrons. The van der Waals surface area contributed by atoms with Crippen LogP contribution in [0.1, 0.15) is 5.69 Å². The molecular weight excluding hydrogens is 250 g/mol. The van der Waals surface area contributed by atoms with Crippen LogP contribution in [0.15, 0.2) is 24.4 Å².